The number of hydrogen-bond acceptors (Lipinski definition) is 4. The molecule has 0 saturated carbocycles. The monoisotopic (exact) mass is 328 g/mol. The Morgan fingerprint density at radius 1 is 1.35 bits per heavy atom. The van der Waals surface area contributed by atoms with Crippen molar-refractivity contribution in [3.8, 4) is 11.4 Å². The highest BCUT2D eigenvalue weighted by Gasteiger charge is 2.21. The molecule has 2 aromatic heterocycles. The van der Waals surface area contributed by atoms with E-state index >= 15 is 0 Å². The van der Waals surface area contributed by atoms with E-state index in [1.807, 2.05) is 45.0 Å². The SMILES string of the molecule is Cc1cccc(-c2nc3scc(C(=O)O)c3c(=O)n2C(C)C)c1. The summed E-state index contributed by atoms with van der Waals surface area (Å²) in [6.07, 6.45) is 0. The summed E-state index contributed by atoms with van der Waals surface area (Å²) >= 11 is 1.18. The number of carboxylic acids is 1. The summed E-state index contributed by atoms with van der Waals surface area (Å²) in [5, 5.41) is 10.9. The van der Waals surface area contributed by atoms with E-state index in [1.165, 1.54) is 16.7 Å². The van der Waals surface area contributed by atoms with Crippen LogP contribution in [-0.2, 0) is 0 Å². The van der Waals surface area contributed by atoms with Gasteiger partial charge in [0.25, 0.3) is 5.56 Å². The van der Waals surface area contributed by atoms with Crippen molar-refractivity contribution >= 4 is 27.5 Å². The average molecular weight is 328 g/mol. The Labute approximate surface area is 136 Å². The Hall–Kier alpha value is -2.47. The number of aryl methyl sites for hydroxylation is 1. The highest BCUT2D eigenvalue weighted by molar-refractivity contribution is 7.17. The van der Waals surface area contributed by atoms with Gasteiger partial charge in [-0.1, -0.05) is 23.8 Å². The third-order valence-electron chi connectivity index (χ3n) is 3.66. The van der Waals surface area contributed by atoms with E-state index in [9.17, 15) is 14.7 Å². The topological polar surface area (TPSA) is 72.2 Å². The molecule has 0 aliphatic heterocycles. The van der Waals surface area contributed by atoms with Crippen molar-refractivity contribution in [1.82, 2.24) is 9.55 Å². The van der Waals surface area contributed by atoms with Gasteiger partial charge < -0.3 is 5.11 Å². The predicted molar refractivity (Wildman–Crippen MR) is 91.4 cm³/mol. The minimum absolute atomic E-state index is 0.0210. The Bertz CT molecular complexity index is 970. The van der Waals surface area contributed by atoms with Crippen LogP contribution in [-0.4, -0.2) is 20.6 Å². The first-order valence-corrected chi connectivity index (χ1v) is 8.12. The zero-order valence-corrected chi connectivity index (χ0v) is 13.8. The van der Waals surface area contributed by atoms with E-state index in [4.69, 9.17) is 0 Å². The maximum absolute atomic E-state index is 12.9. The Balaban J connectivity index is 2.42. The van der Waals surface area contributed by atoms with Gasteiger partial charge in [-0.05, 0) is 26.8 Å². The van der Waals surface area contributed by atoms with Gasteiger partial charge in [-0.3, -0.25) is 9.36 Å². The van der Waals surface area contributed by atoms with Crippen molar-refractivity contribution in [3.05, 3.63) is 51.1 Å². The van der Waals surface area contributed by atoms with E-state index in [0.29, 0.717) is 10.7 Å². The van der Waals surface area contributed by atoms with Crippen LogP contribution in [0.15, 0.2) is 34.4 Å². The van der Waals surface area contributed by atoms with E-state index in [0.717, 1.165) is 11.1 Å². The van der Waals surface area contributed by atoms with Crippen LogP contribution in [0.3, 0.4) is 0 Å². The Morgan fingerprint density at radius 3 is 2.70 bits per heavy atom. The molecule has 0 saturated heterocycles. The molecule has 1 aromatic carbocycles. The van der Waals surface area contributed by atoms with Gasteiger partial charge in [0.15, 0.2) is 0 Å². The fourth-order valence-corrected chi connectivity index (χ4v) is 3.53. The first-order valence-electron chi connectivity index (χ1n) is 7.24. The average Bonchev–Trinajstić information content (AvgIpc) is 2.91. The third kappa shape index (κ3) is 2.55. The van der Waals surface area contributed by atoms with Gasteiger partial charge in [0.2, 0.25) is 0 Å². The molecule has 5 nitrogen and oxygen atoms in total. The second kappa shape index (κ2) is 5.62. The van der Waals surface area contributed by atoms with Crippen LogP contribution < -0.4 is 5.56 Å². The number of rotatable bonds is 3. The van der Waals surface area contributed by atoms with Gasteiger partial charge in [0.1, 0.15) is 10.7 Å². The minimum atomic E-state index is -1.10. The van der Waals surface area contributed by atoms with Crippen LogP contribution in [0.4, 0.5) is 0 Å². The molecule has 0 radical (unpaired) electrons. The van der Waals surface area contributed by atoms with Crippen molar-refractivity contribution in [2.45, 2.75) is 26.8 Å². The summed E-state index contributed by atoms with van der Waals surface area (Å²) in [6.45, 7) is 5.76. The fraction of sp³-hybridized carbons (Fsp3) is 0.235. The lowest BCUT2D eigenvalue weighted by Crippen LogP contribution is -2.25. The molecule has 3 rings (SSSR count). The van der Waals surface area contributed by atoms with E-state index in [-0.39, 0.29) is 22.6 Å². The summed E-state index contributed by atoms with van der Waals surface area (Å²) in [5.41, 5.74) is 1.64. The van der Waals surface area contributed by atoms with E-state index in [1.54, 1.807) is 4.57 Å². The smallest absolute Gasteiger partial charge is 0.337 e. The number of carbonyl (C=O) groups is 1. The first-order chi connectivity index (χ1) is 10.9. The molecule has 0 bridgehead atoms. The molecule has 6 heteroatoms. The van der Waals surface area contributed by atoms with Crippen LogP contribution in [0.25, 0.3) is 21.6 Å². The summed E-state index contributed by atoms with van der Waals surface area (Å²) in [4.78, 5) is 29.3. The predicted octanol–water partition coefficient (Wildman–Crippen LogP) is 3.71. The molecular weight excluding hydrogens is 312 g/mol. The lowest BCUT2D eigenvalue weighted by atomic mass is 10.1. The maximum atomic E-state index is 12.9. The number of thiophene rings is 1. The first kappa shape index (κ1) is 15.4. The molecule has 0 aliphatic carbocycles. The lowest BCUT2D eigenvalue weighted by Gasteiger charge is -2.16. The zero-order valence-electron chi connectivity index (χ0n) is 13.0. The number of benzene rings is 1. The standard InChI is InChI=1S/C17H16N2O3S/c1-9(2)19-14(11-6-4-5-10(3)7-11)18-15-13(16(19)20)12(8-23-15)17(21)22/h4-9H,1-3H3,(H,21,22). The van der Waals surface area contributed by atoms with E-state index in [2.05, 4.69) is 4.98 Å². The fourth-order valence-electron chi connectivity index (χ4n) is 2.63. The number of aromatic carboxylic acids is 1. The molecule has 0 aliphatic rings. The number of hydrogen-bond donors (Lipinski definition) is 1. The van der Waals surface area contributed by atoms with Gasteiger partial charge in [-0.15, -0.1) is 11.3 Å². The number of fused-ring (bicyclic) bond motifs is 1. The van der Waals surface area contributed by atoms with Crippen LogP contribution >= 0.6 is 11.3 Å². The van der Waals surface area contributed by atoms with Crippen LogP contribution in [0.1, 0.15) is 35.8 Å². The molecule has 3 aromatic rings. The number of nitrogens with zero attached hydrogens (tertiary/aromatic N) is 2. The Kier molecular flexibility index (Phi) is 3.77. The molecule has 0 spiro atoms. The third-order valence-corrected chi connectivity index (χ3v) is 4.54. The van der Waals surface area contributed by atoms with Crippen molar-refractivity contribution in [1.29, 1.82) is 0 Å². The molecule has 2 heterocycles. The summed E-state index contributed by atoms with van der Waals surface area (Å²) in [7, 11) is 0. The summed E-state index contributed by atoms with van der Waals surface area (Å²) < 4.78 is 1.57. The molecule has 118 valence electrons. The van der Waals surface area contributed by atoms with Gasteiger partial charge in [-0.25, -0.2) is 9.78 Å². The molecule has 0 unspecified atom stereocenters. The van der Waals surface area contributed by atoms with Crippen LogP contribution in [0, 0.1) is 6.92 Å². The Morgan fingerprint density at radius 2 is 2.09 bits per heavy atom. The molecule has 0 amide bonds. The van der Waals surface area contributed by atoms with Crippen LogP contribution in [0.2, 0.25) is 0 Å². The zero-order chi connectivity index (χ0) is 16.7. The van der Waals surface area contributed by atoms with E-state index < -0.39 is 5.97 Å². The summed E-state index contributed by atoms with van der Waals surface area (Å²) in [5.74, 6) is -0.534. The number of aromatic nitrogens is 2. The highest BCUT2D eigenvalue weighted by atomic mass is 32.1. The quantitative estimate of drug-likeness (QED) is 0.795. The molecule has 0 fully saturated rings. The van der Waals surface area contributed by atoms with Gasteiger partial charge in [0, 0.05) is 17.0 Å². The lowest BCUT2D eigenvalue weighted by molar-refractivity contribution is 0.0699. The van der Waals surface area contributed by atoms with Gasteiger partial charge in [0.05, 0.1) is 10.9 Å². The molecule has 0 atom stereocenters. The van der Waals surface area contributed by atoms with Crippen molar-refractivity contribution in [3.63, 3.8) is 0 Å². The van der Waals surface area contributed by atoms with Crippen molar-refractivity contribution in [2.24, 2.45) is 0 Å². The largest absolute Gasteiger partial charge is 0.478 e. The summed E-state index contributed by atoms with van der Waals surface area (Å²) in [6, 6.07) is 7.65. The molecule has 1 N–H and O–H groups in total. The molecular formula is C17H16N2O3S. The van der Waals surface area contributed by atoms with Crippen molar-refractivity contribution in [2.75, 3.05) is 0 Å². The highest BCUT2D eigenvalue weighted by Crippen LogP contribution is 2.27. The second-order valence-corrected chi connectivity index (χ2v) is 6.57. The molecule has 23 heavy (non-hydrogen) atoms. The maximum Gasteiger partial charge on any atom is 0.337 e. The normalized spacial score (nSPS) is 11.3. The van der Waals surface area contributed by atoms with Crippen LogP contribution in [0.5, 0.6) is 0 Å². The number of carboxylic acid groups (broad SMARTS) is 1. The van der Waals surface area contributed by atoms with Gasteiger partial charge >= 0.3 is 5.97 Å². The van der Waals surface area contributed by atoms with Crippen molar-refractivity contribution < 1.29 is 9.90 Å². The van der Waals surface area contributed by atoms with Gasteiger partial charge in [-0.2, -0.15) is 0 Å². The minimum Gasteiger partial charge on any atom is -0.478 e. The second-order valence-electron chi connectivity index (χ2n) is 5.71.